The first kappa shape index (κ1) is 23.0. The predicted molar refractivity (Wildman–Crippen MR) is 126 cm³/mol. The normalized spacial score (nSPS) is 15.1. The number of aliphatic carboxylic acids is 1. The molecule has 0 unspecified atom stereocenters. The number of carbonyl (C=O) groups excluding carboxylic acids is 2. The maximum Gasteiger partial charge on any atom is 0.341 e. The van der Waals surface area contributed by atoms with Crippen LogP contribution in [-0.4, -0.2) is 45.8 Å². The number of hydrogen-bond acceptors (Lipinski definition) is 5. The van der Waals surface area contributed by atoms with Crippen molar-refractivity contribution in [2.75, 3.05) is 18.5 Å². The van der Waals surface area contributed by atoms with Gasteiger partial charge in [-0.1, -0.05) is 31.5 Å². The Hall–Kier alpha value is -4.14. The monoisotopic (exact) mass is 462 g/mol. The van der Waals surface area contributed by atoms with Gasteiger partial charge in [0.2, 0.25) is 11.8 Å². The molecule has 1 aliphatic heterocycles. The maximum absolute atomic E-state index is 12.6. The number of rotatable bonds is 9. The molecule has 0 radical (unpaired) electrons. The van der Waals surface area contributed by atoms with E-state index >= 15 is 0 Å². The molecule has 0 spiro atoms. The zero-order chi connectivity index (χ0) is 24.1. The molecule has 9 nitrogen and oxygen atoms in total. The molecule has 1 fully saturated rings. The van der Waals surface area contributed by atoms with E-state index in [-0.39, 0.29) is 18.2 Å². The number of carboxylic acids is 1. The number of nitrogens with zero attached hydrogens (tertiary/aromatic N) is 2. The van der Waals surface area contributed by atoms with Gasteiger partial charge in [0.15, 0.2) is 12.4 Å². The molecule has 9 heteroatoms. The van der Waals surface area contributed by atoms with Gasteiger partial charge in [-0.3, -0.25) is 9.59 Å². The van der Waals surface area contributed by atoms with Crippen LogP contribution in [0.4, 0.5) is 5.82 Å². The van der Waals surface area contributed by atoms with Crippen molar-refractivity contribution >= 4 is 23.6 Å². The molecular weight excluding hydrogens is 436 g/mol. The third-order valence-corrected chi connectivity index (χ3v) is 5.54. The van der Waals surface area contributed by atoms with Crippen LogP contribution in [0.3, 0.4) is 0 Å². The van der Waals surface area contributed by atoms with Crippen molar-refractivity contribution in [2.24, 2.45) is 5.92 Å². The molecule has 2 aromatic carbocycles. The molecule has 0 bridgehead atoms. The quantitative estimate of drug-likeness (QED) is 0.449. The van der Waals surface area contributed by atoms with E-state index in [0.29, 0.717) is 24.5 Å². The number of amides is 2. The SMILES string of the molecule is CCCc1cc(-c2cc(NC(=O)[C@H]3CNC(=O)C3)nn2-c2ccccc2)ccc1OCC(=O)O. The van der Waals surface area contributed by atoms with Gasteiger partial charge < -0.3 is 20.5 Å². The fraction of sp³-hybridized carbons (Fsp3) is 0.280. The van der Waals surface area contributed by atoms with Crippen LogP contribution >= 0.6 is 0 Å². The molecule has 0 aliphatic carbocycles. The van der Waals surface area contributed by atoms with Crippen molar-refractivity contribution in [3.05, 3.63) is 60.2 Å². The number of aryl methyl sites for hydroxylation is 1. The molecule has 2 amide bonds. The summed E-state index contributed by atoms with van der Waals surface area (Å²) in [7, 11) is 0. The van der Waals surface area contributed by atoms with Gasteiger partial charge in [0.1, 0.15) is 5.75 Å². The molecule has 176 valence electrons. The Kier molecular flexibility index (Phi) is 6.91. The molecule has 1 aliphatic rings. The third-order valence-electron chi connectivity index (χ3n) is 5.54. The highest BCUT2D eigenvalue weighted by molar-refractivity contribution is 5.97. The van der Waals surface area contributed by atoms with E-state index in [1.807, 2.05) is 49.4 Å². The van der Waals surface area contributed by atoms with E-state index in [9.17, 15) is 14.4 Å². The van der Waals surface area contributed by atoms with E-state index in [0.717, 1.165) is 28.9 Å². The number of para-hydroxylation sites is 1. The van der Waals surface area contributed by atoms with Gasteiger partial charge in [-0.25, -0.2) is 9.48 Å². The maximum atomic E-state index is 12.6. The van der Waals surface area contributed by atoms with Gasteiger partial charge in [-0.05, 0) is 42.3 Å². The molecular formula is C25H26N4O5. The number of aromatic nitrogens is 2. The van der Waals surface area contributed by atoms with Crippen molar-refractivity contribution in [3.63, 3.8) is 0 Å². The van der Waals surface area contributed by atoms with Crippen LogP contribution in [0.2, 0.25) is 0 Å². The lowest BCUT2D eigenvalue weighted by molar-refractivity contribution is -0.139. The van der Waals surface area contributed by atoms with Gasteiger partial charge >= 0.3 is 5.97 Å². The van der Waals surface area contributed by atoms with Crippen molar-refractivity contribution in [1.29, 1.82) is 0 Å². The second kappa shape index (κ2) is 10.2. The molecule has 4 rings (SSSR count). The van der Waals surface area contributed by atoms with Gasteiger partial charge in [0.25, 0.3) is 0 Å². The number of carbonyl (C=O) groups is 3. The Labute approximate surface area is 196 Å². The Bertz CT molecular complexity index is 1210. The van der Waals surface area contributed by atoms with Crippen LogP contribution in [0, 0.1) is 5.92 Å². The number of hydrogen-bond donors (Lipinski definition) is 3. The largest absolute Gasteiger partial charge is 0.482 e. The number of nitrogens with one attached hydrogen (secondary N) is 2. The van der Waals surface area contributed by atoms with Crippen LogP contribution < -0.4 is 15.4 Å². The van der Waals surface area contributed by atoms with E-state index in [1.54, 1.807) is 16.8 Å². The minimum atomic E-state index is -1.03. The van der Waals surface area contributed by atoms with Crippen LogP contribution in [0.1, 0.15) is 25.3 Å². The highest BCUT2D eigenvalue weighted by Gasteiger charge is 2.28. The minimum absolute atomic E-state index is 0.135. The van der Waals surface area contributed by atoms with Crippen molar-refractivity contribution < 1.29 is 24.2 Å². The van der Waals surface area contributed by atoms with Crippen molar-refractivity contribution in [2.45, 2.75) is 26.2 Å². The Balaban J connectivity index is 1.69. The summed E-state index contributed by atoms with van der Waals surface area (Å²) in [6.07, 6.45) is 1.74. The lowest BCUT2D eigenvalue weighted by Gasteiger charge is -2.13. The molecule has 2 heterocycles. The molecule has 1 saturated heterocycles. The van der Waals surface area contributed by atoms with Crippen LogP contribution in [0.25, 0.3) is 16.9 Å². The fourth-order valence-electron chi connectivity index (χ4n) is 3.92. The topological polar surface area (TPSA) is 123 Å². The van der Waals surface area contributed by atoms with Gasteiger partial charge in [0.05, 0.1) is 17.3 Å². The summed E-state index contributed by atoms with van der Waals surface area (Å²) < 4.78 is 7.21. The number of ether oxygens (including phenoxy) is 1. The Morgan fingerprint density at radius 3 is 2.68 bits per heavy atom. The average molecular weight is 463 g/mol. The molecule has 34 heavy (non-hydrogen) atoms. The number of carboxylic acid groups (broad SMARTS) is 1. The standard InChI is InChI=1S/C25H26N4O5/c1-2-6-17-11-16(9-10-21(17)34-15-24(31)32)20-13-22(27-25(33)18-12-23(30)26-14-18)28-29(20)19-7-4-3-5-8-19/h3-5,7-11,13,18H,2,6,12,14-15H2,1H3,(H,26,30)(H,31,32)(H,27,28,33)/t18-/m1/s1. The molecule has 3 N–H and O–H groups in total. The molecule has 0 saturated carbocycles. The summed E-state index contributed by atoms with van der Waals surface area (Å²) in [5, 5.41) is 19.1. The second-order valence-electron chi connectivity index (χ2n) is 8.11. The predicted octanol–water partition coefficient (Wildman–Crippen LogP) is 3.03. The highest BCUT2D eigenvalue weighted by Crippen LogP contribution is 2.31. The highest BCUT2D eigenvalue weighted by atomic mass is 16.5. The lowest BCUT2D eigenvalue weighted by atomic mass is 10.0. The summed E-state index contributed by atoms with van der Waals surface area (Å²) in [4.78, 5) is 35.1. The van der Waals surface area contributed by atoms with Crippen LogP contribution in [0.15, 0.2) is 54.6 Å². The van der Waals surface area contributed by atoms with Crippen LogP contribution in [0.5, 0.6) is 5.75 Å². The number of benzene rings is 2. The zero-order valence-corrected chi connectivity index (χ0v) is 18.8. The Morgan fingerprint density at radius 1 is 1.21 bits per heavy atom. The summed E-state index contributed by atoms with van der Waals surface area (Å²) in [5.41, 5.74) is 3.31. The lowest BCUT2D eigenvalue weighted by Crippen LogP contribution is -2.24. The van der Waals surface area contributed by atoms with E-state index in [4.69, 9.17) is 9.84 Å². The average Bonchev–Trinajstić information content (AvgIpc) is 3.45. The summed E-state index contributed by atoms with van der Waals surface area (Å²) in [6.45, 7) is 1.94. The summed E-state index contributed by atoms with van der Waals surface area (Å²) in [5.74, 6) is -0.943. The minimum Gasteiger partial charge on any atom is -0.482 e. The zero-order valence-electron chi connectivity index (χ0n) is 18.8. The van der Waals surface area contributed by atoms with Crippen molar-refractivity contribution in [3.8, 4) is 22.7 Å². The first-order valence-electron chi connectivity index (χ1n) is 11.2. The van der Waals surface area contributed by atoms with Gasteiger partial charge in [-0.2, -0.15) is 0 Å². The second-order valence-corrected chi connectivity index (χ2v) is 8.11. The smallest absolute Gasteiger partial charge is 0.341 e. The van der Waals surface area contributed by atoms with Crippen LogP contribution in [-0.2, 0) is 20.8 Å². The van der Waals surface area contributed by atoms with Gasteiger partial charge in [0, 0.05) is 24.6 Å². The van der Waals surface area contributed by atoms with E-state index in [2.05, 4.69) is 15.7 Å². The summed E-state index contributed by atoms with van der Waals surface area (Å²) >= 11 is 0. The summed E-state index contributed by atoms with van der Waals surface area (Å²) in [6, 6.07) is 16.9. The molecule has 1 aromatic heterocycles. The molecule has 3 aromatic rings. The first-order chi connectivity index (χ1) is 16.4. The van der Waals surface area contributed by atoms with Crippen molar-refractivity contribution in [1.82, 2.24) is 15.1 Å². The van der Waals surface area contributed by atoms with E-state index < -0.39 is 18.5 Å². The fourth-order valence-corrected chi connectivity index (χ4v) is 3.92. The first-order valence-corrected chi connectivity index (χ1v) is 11.2. The van der Waals surface area contributed by atoms with E-state index in [1.165, 1.54) is 0 Å². The number of anilines is 1. The molecule has 1 atom stereocenters. The third kappa shape index (κ3) is 5.25. The van der Waals surface area contributed by atoms with Gasteiger partial charge in [-0.15, -0.1) is 5.10 Å². The Morgan fingerprint density at radius 2 is 2.00 bits per heavy atom.